The molecule has 0 atom stereocenters. The third-order valence-electron chi connectivity index (χ3n) is 1.66. The SMILES string of the molecule is O=C([O-])c1cccc([N+](=O)[O-])c1C(=O)[O-].[Zn+2]. The van der Waals surface area contributed by atoms with Crippen LogP contribution in [0.25, 0.3) is 0 Å². The average Bonchev–Trinajstić information content (AvgIpc) is 2.16. The number of carboxylic acid groups (broad SMARTS) is 2. The molecular weight excluding hydrogens is 271 g/mol. The summed E-state index contributed by atoms with van der Waals surface area (Å²) in [5.41, 5.74) is -2.59. The van der Waals surface area contributed by atoms with Crippen LogP contribution in [-0.2, 0) is 19.5 Å². The van der Waals surface area contributed by atoms with E-state index in [1.54, 1.807) is 0 Å². The predicted molar refractivity (Wildman–Crippen MR) is 41.8 cm³/mol. The van der Waals surface area contributed by atoms with Crippen molar-refractivity contribution >= 4 is 17.6 Å². The average molecular weight is 275 g/mol. The monoisotopic (exact) mass is 273 g/mol. The van der Waals surface area contributed by atoms with Gasteiger partial charge in [0, 0.05) is 11.6 Å². The van der Waals surface area contributed by atoms with Crippen LogP contribution in [0.1, 0.15) is 20.7 Å². The predicted octanol–water partition coefficient (Wildman–Crippen LogP) is -1.68. The number of nitro groups is 1. The number of nitrogens with zero attached hydrogens (tertiary/aromatic N) is 1. The molecule has 8 heteroatoms. The van der Waals surface area contributed by atoms with Crippen LogP contribution in [0.5, 0.6) is 0 Å². The third-order valence-corrected chi connectivity index (χ3v) is 1.66. The van der Waals surface area contributed by atoms with Crippen LogP contribution < -0.4 is 10.2 Å². The second-order valence-corrected chi connectivity index (χ2v) is 2.53. The number of carbonyl (C=O) groups excluding carboxylic acids is 2. The van der Waals surface area contributed by atoms with E-state index in [-0.39, 0.29) is 19.5 Å². The Morgan fingerprint density at radius 1 is 1.12 bits per heavy atom. The molecule has 1 rings (SSSR count). The zero-order valence-electron chi connectivity index (χ0n) is 7.84. The molecule has 0 heterocycles. The van der Waals surface area contributed by atoms with E-state index in [2.05, 4.69) is 0 Å². The number of nitro benzene ring substituents is 1. The summed E-state index contributed by atoms with van der Waals surface area (Å²) in [5, 5.41) is 31.4. The summed E-state index contributed by atoms with van der Waals surface area (Å²) < 4.78 is 0. The summed E-state index contributed by atoms with van der Waals surface area (Å²) in [5.74, 6) is -3.74. The first-order valence-corrected chi connectivity index (χ1v) is 3.65. The number of rotatable bonds is 3. The van der Waals surface area contributed by atoms with Gasteiger partial charge in [0.2, 0.25) is 0 Å². The molecule has 0 aromatic heterocycles. The largest absolute Gasteiger partial charge is 2.00 e. The summed E-state index contributed by atoms with van der Waals surface area (Å²) in [7, 11) is 0. The van der Waals surface area contributed by atoms with Crippen molar-refractivity contribution in [1.29, 1.82) is 0 Å². The molecule has 0 aliphatic carbocycles. The molecule has 1 aromatic rings. The maximum Gasteiger partial charge on any atom is 2.00 e. The molecule has 0 saturated heterocycles. The molecule has 0 fully saturated rings. The number of carboxylic acids is 2. The fourth-order valence-electron chi connectivity index (χ4n) is 1.08. The van der Waals surface area contributed by atoms with Crippen molar-refractivity contribution in [3.8, 4) is 0 Å². The second kappa shape index (κ2) is 5.32. The molecule has 0 amide bonds. The van der Waals surface area contributed by atoms with Crippen LogP contribution in [0, 0.1) is 10.1 Å². The van der Waals surface area contributed by atoms with Crippen molar-refractivity contribution in [2.45, 2.75) is 0 Å². The van der Waals surface area contributed by atoms with Crippen LogP contribution in [0.15, 0.2) is 18.2 Å². The molecule has 0 aliphatic heterocycles. The fourth-order valence-corrected chi connectivity index (χ4v) is 1.08. The van der Waals surface area contributed by atoms with Gasteiger partial charge in [-0.1, -0.05) is 12.1 Å². The van der Waals surface area contributed by atoms with Gasteiger partial charge in [0.25, 0.3) is 5.69 Å². The summed E-state index contributed by atoms with van der Waals surface area (Å²) in [6.07, 6.45) is 0. The standard InChI is InChI=1S/C8H5NO6.Zn/c10-7(11)4-2-1-3-5(9(14)15)6(4)8(12)13;/h1-3H,(H,10,11)(H,12,13);/q;+2/p-2. The van der Waals surface area contributed by atoms with Gasteiger partial charge in [0.05, 0.1) is 22.4 Å². The van der Waals surface area contributed by atoms with Crippen molar-refractivity contribution in [1.82, 2.24) is 0 Å². The molecule has 0 radical (unpaired) electrons. The Balaban J connectivity index is 0.00000225. The maximum absolute atomic E-state index is 10.5. The van der Waals surface area contributed by atoms with E-state index in [9.17, 15) is 29.9 Å². The van der Waals surface area contributed by atoms with E-state index in [1.165, 1.54) is 0 Å². The molecule has 0 bridgehead atoms. The Morgan fingerprint density at radius 2 is 1.69 bits per heavy atom. The zero-order chi connectivity index (χ0) is 11.6. The quantitative estimate of drug-likeness (QED) is 0.368. The number of hydrogen-bond donors (Lipinski definition) is 0. The molecular formula is C8H3NO6Zn. The van der Waals surface area contributed by atoms with Crippen LogP contribution in [0.3, 0.4) is 0 Å². The van der Waals surface area contributed by atoms with E-state index in [0.29, 0.717) is 0 Å². The first kappa shape index (κ1) is 14.2. The van der Waals surface area contributed by atoms with Crippen LogP contribution in [0.4, 0.5) is 5.69 Å². The van der Waals surface area contributed by atoms with Gasteiger partial charge in [0.15, 0.2) is 0 Å². The van der Waals surface area contributed by atoms with Gasteiger partial charge in [0.1, 0.15) is 0 Å². The minimum atomic E-state index is -1.93. The molecule has 78 valence electrons. The molecule has 0 spiro atoms. The van der Waals surface area contributed by atoms with E-state index >= 15 is 0 Å². The molecule has 0 aliphatic rings. The smallest absolute Gasteiger partial charge is 0.545 e. The number of hydrogen-bond acceptors (Lipinski definition) is 6. The second-order valence-electron chi connectivity index (χ2n) is 2.53. The first-order chi connectivity index (χ1) is 6.95. The van der Waals surface area contributed by atoms with Crippen molar-refractivity contribution in [2.75, 3.05) is 0 Å². The van der Waals surface area contributed by atoms with Crippen LogP contribution >= 0.6 is 0 Å². The minimum absolute atomic E-state index is 0. The van der Waals surface area contributed by atoms with E-state index in [4.69, 9.17) is 0 Å². The maximum atomic E-state index is 10.5. The molecule has 7 nitrogen and oxygen atoms in total. The Morgan fingerprint density at radius 3 is 2.06 bits per heavy atom. The van der Waals surface area contributed by atoms with Crippen molar-refractivity contribution in [2.24, 2.45) is 0 Å². The minimum Gasteiger partial charge on any atom is -0.545 e. The van der Waals surface area contributed by atoms with Crippen LogP contribution in [0.2, 0.25) is 0 Å². The van der Waals surface area contributed by atoms with Gasteiger partial charge in [-0.05, 0) is 0 Å². The Kier molecular flexibility index (Phi) is 4.71. The molecule has 0 N–H and O–H groups in total. The zero-order valence-corrected chi connectivity index (χ0v) is 10.8. The Bertz CT molecular complexity index is 426. The first-order valence-electron chi connectivity index (χ1n) is 3.65. The van der Waals surface area contributed by atoms with Crippen molar-refractivity contribution in [3.05, 3.63) is 39.4 Å². The summed E-state index contributed by atoms with van der Waals surface area (Å²) in [6.45, 7) is 0. The molecule has 0 unspecified atom stereocenters. The molecule has 16 heavy (non-hydrogen) atoms. The van der Waals surface area contributed by atoms with Crippen molar-refractivity contribution < 1.29 is 44.2 Å². The van der Waals surface area contributed by atoms with Gasteiger partial charge in [-0.3, -0.25) is 10.1 Å². The topological polar surface area (TPSA) is 123 Å². The van der Waals surface area contributed by atoms with Gasteiger partial charge in [-0.25, -0.2) is 0 Å². The number of aromatic carboxylic acids is 2. The fraction of sp³-hybridized carbons (Fsp3) is 0. The van der Waals surface area contributed by atoms with E-state index in [1.807, 2.05) is 0 Å². The van der Waals surface area contributed by atoms with E-state index < -0.39 is 33.7 Å². The molecule has 1 aromatic carbocycles. The summed E-state index contributed by atoms with van der Waals surface area (Å²) >= 11 is 0. The Labute approximate surface area is 102 Å². The number of benzene rings is 1. The summed E-state index contributed by atoms with van der Waals surface area (Å²) in [4.78, 5) is 30.4. The third kappa shape index (κ3) is 2.61. The Hall–Kier alpha value is -1.82. The van der Waals surface area contributed by atoms with Crippen LogP contribution in [-0.4, -0.2) is 16.9 Å². The summed E-state index contributed by atoms with van der Waals surface area (Å²) in [6, 6.07) is 2.82. The normalized spacial score (nSPS) is 9.00. The van der Waals surface area contributed by atoms with Crippen molar-refractivity contribution in [3.63, 3.8) is 0 Å². The van der Waals surface area contributed by atoms with E-state index in [0.717, 1.165) is 18.2 Å². The van der Waals surface area contributed by atoms with Gasteiger partial charge >= 0.3 is 19.5 Å². The van der Waals surface area contributed by atoms with Gasteiger partial charge < -0.3 is 19.8 Å². The molecule has 0 saturated carbocycles. The number of carbonyl (C=O) groups is 2. The van der Waals surface area contributed by atoms with Gasteiger partial charge in [-0.15, -0.1) is 0 Å². The van der Waals surface area contributed by atoms with Gasteiger partial charge in [-0.2, -0.15) is 0 Å².